The number of hydrogen-bond acceptors (Lipinski definition) is 5. The molecule has 0 spiro atoms. The van der Waals surface area contributed by atoms with Crippen molar-refractivity contribution in [1.82, 2.24) is 4.98 Å². The molecular weight excluding hydrogens is 424 g/mol. The van der Waals surface area contributed by atoms with Crippen molar-refractivity contribution in [2.24, 2.45) is 0 Å². The largest absolute Gasteiger partial charge is 0.493 e. The third kappa shape index (κ3) is 5.09. The minimum Gasteiger partial charge on any atom is -0.493 e. The molecule has 2 aromatic carbocycles. The van der Waals surface area contributed by atoms with Gasteiger partial charge in [-0.1, -0.05) is 36.4 Å². The van der Waals surface area contributed by atoms with E-state index in [9.17, 15) is 4.79 Å². The highest BCUT2D eigenvalue weighted by atomic mass is 16.5. The fourth-order valence-corrected chi connectivity index (χ4v) is 5.11. The van der Waals surface area contributed by atoms with E-state index in [0.717, 1.165) is 49.5 Å². The van der Waals surface area contributed by atoms with Gasteiger partial charge in [-0.25, -0.2) is 4.98 Å². The summed E-state index contributed by atoms with van der Waals surface area (Å²) in [6.07, 6.45) is 5.13. The van der Waals surface area contributed by atoms with Gasteiger partial charge >= 0.3 is 5.97 Å². The van der Waals surface area contributed by atoms with Crippen molar-refractivity contribution < 1.29 is 14.3 Å². The fraction of sp³-hybridized carbons (Fsp3) is 0.379. The van der Waals surface area contributed by atoms with Crippen LogP contribution in [0, 0.1) is 0 Å². The molecule has 176 valence electrons. The number of benzene rings is 2. The van der Waals surface area contributed by atoms with Crippen LogP contribution in [-0.2, 0) is 35.2 Å². The van der Waals surface area contributed by atoms with Gasteiger partial charge in [0.05, 0.1) is 19.6 Å². The number of nitrogens with one attached hydrogen (secondary N) is 1. The molecule has 0 saturated heterocycles. The van der Waals surface area contributed by atoms with Crippen molar-refractivity contribution in [2.75, 3.05) is 25.1 Å². The van der Waals surface area contributed by atoms with Crippen LogP contribution < -0.4 is 10.1 Å². The number of aryl methyl sites for hydroxylation is 1. The number of anilines is 1. The lowest BCUT2D eigenvalue weighted by Gasteiger charge is -2.17. The second-order valence-electron chi connectivity index (χ2n) is 9.16. The standard InChI is InChI=1S/C29H32N2O3/c1-2-33-28(32)19-24-16-21-10-12-26(18-23(21)17-22-6-3-4-8-27(22)24)34-15-13-25-11-9-20-7-5-14-30-29(20)31-25/h3-4,6,8-12,18,24H,2,5,7,13-17,19H2,1H3,(H,30,31)/t24-/m0/s1. The molecule has 0 radical (unpaired) electrons. The molecule has 0 amide bonds. The van der Waals surface area contributed by atoms with E-state index in [-0.39, 0.29) is 11.9 Å². The number of carbonyl (C=O) groups is 1. The molecule has 1 atom stereocenters. The van der Waals surface area contributed by atoms with Gasteiger partial charge < -0.3 is 14.8 Å². The Morgan fingerprint density at radius 1 is 1.06 bits per heavy atom. The number of nitrogens with zero attached hydrogens (tertiary/aromatic N) is 1. The van der Waals surface area contributed by atoms with Crippen molar-refractivity contribution in [3.63, 3.8) is 0 Å². The SMILES string of the molecule is CCOC(=O)C[C@@H]1Cc2ccc(OCCc3ccc4c(n3)NCCC4)cc2Cc2ccccc21. The molecule has 2 aliphatic rings. The van der Waals surface area contributed by atoms with Crippen LogP contribution in [0.2, 0.25) is 0 Å². The summed E-state index contributed by atoms with van der Waals surface area (Å²) in [5.74, 6) is 1.92. The van der Waals surface area contributed by atoms with E-state index in [1.807, 2.05) is 6.92 Å². The molecule has 0 saturated carbocycles. The van der Waals surface area contributed by atoms with Crippen LogP contribution in [0.3, 0.4) is 0 Å². The molecule has 0 bridgehead atoms. The number of pyridine rings is 1. The quantitative estimate of drug-likeness (QED) is 0.493. The molecule has 5 nitrogen and oxygen atoms in total. The van der Waals surface area contributed by atoms with Gasteiger partial charge in [-0.05, 0) is 84.5 Å². The van der Waals surface area contributed by atoms with Gasteiger partial charge in [0.25, 0.3) is 0 Å². The number of aromatic nitrogens is 1. The Kier molecular flexibility index (Phi) is 6.79. The van der Waals surface area contributed by atoms with Crippen molar-refractivity contribution in [1.29, 1.82) is 0 Å². The summed E-state index contributed by atoms with van der Waals surface area (Å²) in [6.45, 7) is 3.86. The van der Waals surface area contributed by atoms with Crippen LogP contribution in [-0.4, -0.2) is 30.7 Å². The first-order valence-corrected chi connectivity index (χ1v) is 12.4. The van der Waals surface area contributed by atoms with Crippen molar-refractivity contribution >= 4 is 11.8 Å². The molecule has 1 aromatic heterocycles. The molecule has 34 heavy (non-hydrogen) atoms. The lowest BCUT2D eigenvalue weighted by Crippen LogP contribution is -2.14. The monoisotopic (exact) mass is 456 g/mol. The summed E-state index contributed by atoms with van der Waals surface area (Å²) >= 11 is 0. The third-order valence-corrected chi connectivity index (χ3v) is 6.82. The Hall–Kier alpha value is -3.34. The zero-order valence-electron chi connectivity index (χ0n) is 19.8. The zero-order chi connectivity index (χ0) is 23.3. The van der Waals surface area contributed by atoms with Crippen LogP contribution in [0.4, 0.5) is 5.82 Å². The number of rotatable bonds is 7. The lowest BCUT2D eigenvalue weighted by molar-refractivity contribution is -0.143. The molecule has 0 fully saturated rings. The molecular formula is C29H32N2O3. The Balaban J connectivity index is 1.28. The second-order valence-corrected chi connectivity index (χ2v) is 9.16. The molecule has 1 N–H and O–H groups in total. The van der Waals surface area contributed by atoms with E-state index in [2.05, 4.69) is 59.9 Å². The fourth-order valence-electron chi connectivity index (χ4n) is 5.11. The summed E-state index contributed by atoms with van der Waals surface area (Å²) in [5, 5.41) is 3.40. The number of ether oxygens (including phenoxy) is 2. The molecule has 0 unspecified atom stereocenters. The average molecular weight is 457 g/mol. The molecule has 1 aliphatic heterocycles. The Morgan fingerprint density at radius 2 is 1.94 bits per heavy atom. The molecule has 1 aliphatic carbocycles. The number of hydrogen-bond donors (Lipinski definition) is 1. The van der Waals surface area contributed by atoms with Crippen LogP contribution >= 0.6 is 0 Å². The minimum atomic E-state index is -0.128. The van der Waals surface area contributed by atoms with Gasteiger partial charge in [0.15, 0.2) is 0 Å². The molecule has 5 rings (SSSR count). The van der Waals surface area contributed by atoms with Crippen molar-refractivity contribution in [3.05, 3.63) is 88.1 Å². The third-order valence-electron chi connectivity index (χ3n) is 6.82. The van der Waals surface area contributed by atoms with E-state index in [0.29, 0.717) is 19.6 Å². The summed E-state index contributed by atoms with van der Waals surface area (Å²) in [5.41, 5.74) is 7.44. The zero-order valence-corrected chi connectivity index (χ0v) is 19.8. The Labute approximate surface area is 201 Å². The molecule has 5 heteroatoms. The first-order chi connectivity index (χ1) is 16.7. The van der Waals surface area contributed by atoms with E-state index in [4.69, 9.17) is 14.5 Å². The Morgan fingerprint density at radius 3 is 2.85 bits per heavy atom. The Bertz CT molecular complexity index is 1170. The first kappa shape index (κ1) is 22.5. The van der Waals surface area contributed by atoms with Gasteiger partial charge in [0.1, 0.15) is 11.6 Å². The summed E-state index contributed by atoms with van der Waals surface area (Å²) in [6, 6.07) is 19.2. The van der Waals surface area contributed by atoms with E-state index in [1.54, 1.807) is 0 Å². The molecule has 3 aromatic rings. The van der Waals surface area contributed by atoms with Crippen LogP contribution in [0.25, 0.3) is 0 Å². The second kappa shape index (κ2) is 10.3. The van der Waals surface area contributed by atoms with E-state index < -0.39 is 0 Å². The summed E-state index contributed by atoms with van der Waals surface area (Å²) in [4.78, 5) is 17.0. The van der Waals surface area contributed by atoms with E-state index in [1.165, 1.54) is 34.2 Å². The highest BCUT2D eigenvalue weighted by Crippen LogP contribution is 2.35. The van der Waals surface area contributed by atoms with Gasteiger partial charge in [-0.15, -0.1) is 0 Å². The van der Waals surface area contributed by atoms with Gasteiger partial charge in [-0.2, -0.15) is 0 Å². The highest BCUT2D eigenvalue weighted by Gasteiger charge is 2.25. The molecule has 2 heterocycles. The van der Waals surface area contributed by atoms with E-state index >= 15 is 0 Å². The topological polar surface area (TPSA) is 60.5 Å². The maximum absolute atomic E-state index is 12.3. The number of esters is 1. The van der Waals surface area contributed by atoms with Crippen molar-refractivity contribution in [3.8, 4) is 5.75 Å². The van der Waals surface area contributed by atoms with Gasteiger partial charge in [0.2, 0.25) is 0 Å². The van der Waals surface area contributed by atoms with Crippen LogP contribution in [0.15, 0.2) is 54.6 Å². The predicted octanol–water partition coefficient (Wildman–Crippen LogP) is 5.24. The van der Waals surface area contributed by atoms with Gasteiger partial charge in [0, 0.05) is 18.7 Å². The van der Waals surface area contributed by atoms with Crippen molar-refractivity contribution in [2.45, 2.75) is 51.4 Å². The minimum absolute atomic E-state index is 0.128. The number of carbonyl (C=O) groups excluding carboxylic acids is 1. The maximum Gasteiger partial charge on any atom is 0.306 e. The van der Waals surface area contributed by atoms with Crippen LogP contribution in [0.1, 0.15) is 59.2 Å². The predicted molar refractivity (Wildman–Crippen MR) is 134 cm³/mol. The lowest BCUT2D eigenvalue weighted by atomic mass is 9.89. The van der Waals surface area contributed by atoms with Gasteiger partial charge in [-0.3, -0.25) is 4.79 Å². The first-order valence-electron chi connectivity index (χ1n) is 12.4. The normalized spacial score (nSPS) is 16.3. The van der Waals surface area contributed by atoms with Crippen LogP contribution in [0.5, 0.6) is 5.75 Å². The smallest absolute Gasteiger partial charge is 0.306 e. The number of fused-ring (bicyclic) bond motifs is 3. The average Bonchev–Trinajstić information content (AvgIpc) is 3.00. The highest BCUT2D eigenvalue weighted by molar-refractivity contribution is 5.71. The summed E-state index contributed by atoms with van der Waals surface area (Å²) < 4.78 is 11.4. The summed E-state index contributed by atoms with van der Waals surface area (Å²) in [7, 11) is 0. The maximum atomic E-state index is 12.3.